The molecule has 0 fully saturated rings. The van der Waals surface area contributed by atoms with E-state index in [0.29, 0.717) is 6.61 Å². The van der Waals surface area contributed by atoms with Gasteiger partial charge < -0.3 is 4.74 Å². The standard InChI is InChI=1S/C17H18OS2/c1-3-18-15-10-9-12(2)11-14(15)17(20)16(19)13-7-5-4-6-8-13/h4-11,19-20H,3H2,1-2H3/b17-16-. The van der Waals surface area contributed by atoms with Crippen molar-refractivity contribution in [2.45, 2.75) is 13.8 Å². The van der Waals surface area contributed by atoms with Crippen molar-refractivity contribution in [2.75, 3.05) is 6.61 Å². The lowest BCUT2D eigenvalue weighted by Gasteiger charge is -2.13. The third-order valence-electron chi connectivity index (χ3n) is 2.96. The minimum Gasteiger partial charge on any atom is -0.493 e. The Balaban J connectivity index is 2.52. The van der Waals surface area contributed by atoms with Crippen LogP contribution in [0.4, 0.5) is 0 Å². The summed E-state index contributed by atoms with van der Waals surface area (Å²) in [4.78, 5) is 1.67. The van der Waals surface area contributed by atoms with Gasteiger partial charge in [0.05, 0.1) is 6.61 Å². The highest BCUT2D eigenvalue weighted by Crippen LogP contribution is 2.37. The molecule has 104 valence electrons. The molecule has 0 atom stereocenters. The van der Waals surface area contributed by atoms with Gasteiger partial charge in [0.25, 0.3) is 0 Å². The molecular weight excluding hydrogens is 284 g/mol. The van der Waals surface area contributed by atoms with E-state index in [1.54, 1.807) is 0 Å². The van der Waals surface area contributed by atoms with Crippen LogP contribution in [-0.2, 0) is 0 Å². The van der Waals surface area contributed by atoms with Gasteiger partial charge in [-0.25, -0.2) is 0 Å². The van der Waals surface area contributed by atoms with E-state index < -0.39 is 0 Å². The highest BCUT2D eigenvalue weighted by molar-refractivity contribution is 7.96. The summed E-state index contributed by atoms with van der Waals surface area (Å²) in [6, 6.07) is 16.1. The van der Waals surface area contributed by atoms with Crippen LogP contribution in [0.2, 0.25) is 0 Å². The monoisotopic (exact) mass is 302 g/mol. The van der Waals surface area contributed by atoms with Crippen LogP contribution in [0.15, 0.2) is 48.5 Å². The number of ether oxygens (including phenoxy) is 1. The second-order valence-corrected chi connectivity index (χ2v) is 5.39. The maximum absolute atomic E-state index is 5.68. The van der Waals surface area contributed by atoms with Gasteiger partial charge in [-0.05, 0) is 31.5 Å². The van der Waals surface area contributed by atoms with E-state index in [1.165, 1.54) is 5.56 Å². The minimum absolute atomic E-state index is 0.629. The zero-order chi connectivity index (χ0) is 14.5. The van der Waals surface area contributed by atoms with Crippen LogP contribution in [0, 0.1) is 6.92 Å². The molecule has 1 nitrogen and oxygen atoms in total. The van der Waals surface area contributed by atoms with Crippen molar-refractivity contribution in [3.05, 3.63) is 65.2 Å². The molecule has 0 aliphatic heterocycles. The summed E-state index contributed by atoms with van der Waals surface area (Å²) in [5.41, 5.74) is 3.19. The van der Waals surface area contributed by atoms with Crippen LogP contribution >= 0.6 is 25.3 Å². The molecule has 0 saturated heterocycles. The lowest BCUT2D eigenvalue weighted by molar-refractivity contribution is 0.339. The maximum Gasteiger partial charge on any atom is 0.127 e. The molecule has 0 N–H and O–H groups in total. The molecule has 0 heterocycles. The molecule has 0 spiro atoms. The van der Waals surface area contributed by atoms with Gasteiger partial charge in [0.1, 0.15) is 5.75 Å². The van der Waals surface area contributed by atoms with Crippen molar-refractivity contribution in [2.24, 2.45) is 0 Å². The van der Waals surface area contributed by atoms with Gasteiger partial charge in [-0.3, -0.25) is 0 Å². The molecular formula is C17H18OS2. The van der Waals surface area contributed by atoms with Crippen molar-refractivity contribution >= 4 is 35.1 Å². The van der Waals surface area contributed by atoms with Crippen LogP contribution in [0.25, 0.3) is 9.81 Å². The van der Waals surface area contributed by atoms with Gasteiger partial charge in [-0.1, -0.05) is 42.0 Å². The first kappa shape index (κ1) is 15.1. The normalized spacial score (nSPS) is 12.0. The van der Waals surface area contributed by atoms with Gasteiger partial charge >= 0.3 is 0 Å². The third-order valence-corrected chi connectivity index (χ3v) is 4.08. The molecule has 2 rings (SSSR count). The van der Waals surface area contributed by atoms with E-state index in [9.17, 15) is 0 Å². The van der Waals surface area contributed by atoms with Gasteiger partial charge in [0.15, 0.2) is 0 Å². The Morgan fingerprint density at radius 3 is 2.35 bits per heavy atom. The van der Waals surface area contributed by atoms with Crippen LogP contribution in [-0.4, -0.2) is 6.61 Å². The van der Waals surface area contributed by atoms with Crippen LogP contribution in [0.1, 0.15) is 23.6 Å². The van der Waals surface area contributed by atoms with Gasteiger partial charge in [-0.2, -0.15) is 0 Å². The van der Waals surface area contributed by atoms with E-state index in [0.717, 1.165) is 26.7 Å². The molecule has 0 unspecified atom stereocenters. The summed E-state index contributed by atoms with van der Waals surface area (Å²) in [6.07, 6.45) is 0. The average Bonchev–Trinajstić information content (AvgIpc) is 2.48. The summed E-state index contributed by atoms with van der Waals surface area (Å²) < 4.78 is 5.68. The molecule has 0 bridgehead atoms. The number of aryl methyl sites for hydroxylation is 1. The molecule has 0 aliphatic rings. The Morgan fingerprint density at radius 2 is 1.70 bits per heavy atom. The molecule has 20 heavy (non-hydrogen) atoms. The van der Waals surface area contributed by atoms with E-state index in [1.807, 2.05) is 49.4 Å². The Labute approximate surface area is 131 Å². The minimum atomic E-state index is 0.629. The summed E-state index contributed by atoms with van der Waals surface area (Å²) in [5.74, 6) is 0.839. The van der Waals surface area contributed by atoms with Crippen molar-refractivity contribution < 1.29 is 4.74 Å². The highest BCUT2D eigenvalue weighted by Gasteiger charge is 2.11. The first-order chi connectivity index (χ1) is 9.63. The molecule has 2 aromatic carbocycles. The fourth-order valence-electron chi connectivity index (χ4n) is 1.97. The Bertz CT molecular complexity index is 618. The average molecular weight is 302 g/mol. The molecule has 0 aliphatic carbocycles. The SMILES string of the molecule is CCOc1ccc(C)cc1/C(S)=C(/S)c1ccccc1. The van der Waals surface area contributed by atoms with Gasteiger partial charge in [0, 0.05) is 15.4 Å². The van der Waals surface area contributed by atoms with E-state index in [2.05, 4.69) is 38.2 Å². The van der Waals surface area contributed by atoms with E-state index >= 15 is 0 Å². The smallest absolute Gasteiger partial charge is 0.127 e. The second kappa shape index (κ2) is 6.91. The van der Waals surface area contributed by atoms with Crippen LogP contribution < -0.4 is 4.74 Å². The Kier molecular flexibility index (Phi) is 5.21. The first-order valence-corrected chi connectivity index (χ1v) is 7.44. The van der Waals surface area contributed by atoms with Gasteiger partial charge in [-0.15, -0.1) is 25.3 Å². The van der Waals surface area contributed by atoms with Crippen molar-refractivity contribution in [3.8, 4) is 5.75 Å². The largest absolute Gasteiger partial charge is 0.493 e. The topological polar surface area (TPSA) is 9.23 Å². The molecule has 3 heteroatoms. The lowest BCUT2D eigenvalue weighted by atomic mass is 10.1. The van der Waals surface area contributed by atoms with E-state index in [-0.39, 0.29) is 0 Å². The van der Waals surface area contributed by atoms with Crippen LogP contribution in [0.5, 0.6) is 5.75 Å². The second-order valence-electron chi connectivity index (χ2n) is 4.50. The molecule has 0 amide bonds. The van der Waals surface area contributed by atoms with Crippen LogP contribution in [0.3, 0.4) is 0 Å². The molecule has 0 radical (unpaired) electrons. The number of hydrogen-bond donors (Lipinski definition) is 2. The predicted molar refractivity (Wildman–Crippen MR) is 93.6 cm³/mol. The zero-order valence-corrected chi connectivity index (χ0v) is 13.4. The quantitative estimate of drug-likeness (QED) is 0.591. The summed E-state index contributed by atoms with van der Waals surface area (Å²) in [6.45, 7) is 4.66. The third kappa shape index (κ3) is 3.41. The zero-order valence-electron chi connectivity index (χ0n) is 11.6. The van der Waals surface area contributed by atoms with Crippen molar-refractivity contribution in [3.63, 3.8) is 0 Å². The van der Waals surface area contributed by atoms with Crippen molar-refractivity contribution in [1.82, 2.24) is 0 Å². The number of rotatable bonds is 4. The molecule has 0 saturated carbocycles. The number of hydrogen-bond acceptors (Lipinski definition) is 3. The number of thiol groups is 2. The van der Waals surface area contributed by atoms with E-state index in [4.69, 9.17) is 4.74 Å². The summed E-state index contributed by atoms with van der Waals surface area (Å²) in [7, 11) is 0. The number of benzene rings is 2. The fourth-order valence-corrected chi connectivity index (χ4v) is 2.54. The molecule has 0 aromatic heterocycles. The summed E-state index contributed by atoms with van der Waals surface area (Å²) >= 11 is 9.28. The highest BCUT2D eigenvalue weighted by atomic mass is 32.1. The van der Waals surface area contributed by atoms with Gasteiger partial charge in [0.2, 0.25) is 0 Å². The fraction of sp³-hybridized carbons (Fsp3) is 0.176. The predicted octanol–water partition coefficient (Wildman–Crippen LogP) is 5.08. The summed E-state index contributed by atoms with van der Waals surface area (Å²) in [5, 5.41) is 0. The Morgan fingerprint density at radius 1 is 1.00 bits per heavy atom. The first-order valence-electron chi connectivity index (χ1n) is 6.55. The Hall–Kier alpha value is -1.32. The molecule has 2 aromatic rings. The lowest BCUT2D eigenvalue weighted by Crippen LogP contribution is -1.96. The van der Waals surface area contributed by atoms with Crippen molar-refractivity contribution in [1.29, 1.82) is 0 Å². The maximum atomic E-state index is 5.68.